The fourth-order valence-electron chi connectivity index (χ4n) is 2.44. The molecular formula is C16H15ClN4OS. The highest BCUT2D eigenvalue weighted by Crippen LogP contribution is 2.31. The first-order chi connectivity index (χ1) is 11.2. The van der Waals surface area contributed by atoms with Crippen LogP contribution in [-0.4, -0.2) is 42.5 Å². The first-order valence-electron chi connectivity index (χ1n) is 7.17. The zero-order valence-corrected chi connectivity index (χ0v) is 14.2. The Labute approximate surface area is 144 Å². The Morgan fingerprint density at radius 1 is 1.22 bits per heavy atom. The van der Waals surface area contributed by atoms with Gasteiger partial charge >= 0.3 is 0 Å². The van der Waals surface area contributed by atoms with E-state index in [4.69, 9.17) is 16.3 Å². The molecule has 0 N–H and O–H groups in total. The van der Waals surface area contributed by atoms with Crippen LogP contribution in [0.4, 0.5) is 5.82 Å². The zero-order valence-electron chi connectivity index (χ0n) is 12.6. The summed E-state index contributed by atoms with van der Waals surface area (Å²) in [6, 6.07) is 9.62. The van der Waals surface area contributed by atoms with Gasteiger partial charge in [-0.3, -0.25) is 0 Å². The van der Waals surface area contributed by atoms with E-state index in [-0.39, 0.29) is 0 Å². The third-order valence-electron chi connectivity index (χ3n) is 3.59. The standard InChI is InChI=1S/C16H15ClN4OS/c1-23-16-19-14(11-2-4-12(17)5-3-11)13(10-18)15(20-16)21-6-8-22-9-7-21/h2-5H,6-9H2,1H3. The number of morpholine rings is 1. The quantitative estimate of drug-likeness (QED) is 0.628. The van der Waals surface area contributed by atoms with Gasteiger partial charge in [-0.05, 0) is 18.4 Å². The van der Waals surface area contributed by atoms with E-state index in [1.165, 1.54) is 11.8 Å². The van der Waals surface area contributed by atoms with Crippen molar-refractivity contribution < 1.29 is 4.74 Å². The number of thioether (sulfide) groups is 1. The van der Waals surface area contributed by atoms with Gasteiger partial charge in [0.1, 0.15) is 11.6 Å². The van der Waals surface area contributed by atoms with Crippen molar-refractivity contribution in [1.29, 1.82) is 5.26 Å². The number of hydrogen-bond acceptors (Lipinski definition) is 6. The highest BCUT2D eigenvalue weighted by molar-refractivity contribution is 7.98. The largest absolute Gasteiger partial charge is 0.378 e. The Hall–Kier alpha value is -1.81. The number of aromatic nitrogens is 2. The molecule has 1 saturated heterocycles. The Morgan fingerprint density at radius 2 is 1.91 bits per heavy atom. The molecule has 0 amide bonds. The number of anilines is 1. The summed E-state index contributed by atoms with van der Waals surface area (Å²) >= 11 is 7.42. The average Bonchev–Trinajstić information content (AvgIpc) is 2.62. The van der Waals surface area contributed by atoms with Gasteiger partial charge in [0.05, 0.1) is 18.9 Å². The van der Waals surface area contributed by atoms with Gasteiger partial charge in [0.2, 0.25) is 0 Å². The minimum atomic E-state index is 0.493. The van der Waals surface area contributed by atoms with Crippen LogP contribution in [0, 0.1) is 11.3 Å². The van der Waals surface area contributed by atoms with Crippen LogP contribution in [-0.2, 0) is 4.74 Å². The van der Waals surface area contributed by atoms with Gasteiger partial charge in [0, 0.05) is 23.7 Å². The molecule has 1 aromatic heterocycles. The van der Waals surface area contributed by atoms with Crippen LogP contribution >= 0.6 is 23.4 Å². The second-order valence-corrected chi connectivity index (χ2v) is 6.19. The predicted molar refractivity (Wildman–Crippen MR) is 92.0 cm³/mol. The van der Waals surface area contributed by atoms with Crippen molar-refractivity contribution >= 4 is 29.2 Å². The molecule has 118 valence electrons. The molecule has 0 bridgehead atoms. The number of rotatable bonds is 3. The number of halogens is 1. The van der Waals surface area contributed by atoms with E-state index in [0.29, 0.717) is 40.5 Å². The Morgan fingerprint density at radius 3 is 2.52 bits per heavy atom. The summed E-state index contributed by atoms with van der Waals surface area (Å²) in [6.45, 7) is 2.72. The topological polar surface area (TPSA) is 62.0 Å². The molecule has 2 heterocycles. The van der Waals surface area contributed by atoms with Crippen molar-refractivity contribution in [3.63, 3.8) is 0 Å². The highest BCUT2D eigenvalue weighted by Gasteiger charge is 2.22. The summed E-state index contributed by atoms with van der Waals surface area (Å²) in [5.41, 5.74) is 2.00. The van der Waals surface area contributed by atoms with Crippen LogP contribution < -0.4 is 4.90 Å². The van der Waals surface area contributed by atoms with E-state index in [9.17, 15) is 5.26 Å². The molecule has 3 rings (SSSR count). The van der Waals surface area contributed by atoms with Crippen molar-refractivity contribution in [1.82, 2.24) is 9.97 Å². The van der Waals surface area contributed by atoms with E-state index < -0.39 is 0 Å². The summed E-state index contributed by atoms with van der Waals surface area (Å²) < 4.78 is 5.39. The maximum atomic E-state index is 9.69. The third-order valence-corrected chi connectivity index (χ3v) is 4.39. The lowest BCUT2D eigenvalue weighted by Crippen LogP contribution is -2.37. The summed E-state index contributed by atoms with van der Waals surface area (Å²) in [7, 11) is 0. The maximum Gasteiger partial charge on any atom is 0.189 e. The Bertz CT molecular complexity index is 739. The molecule has 23 heavy (non-hydrogen) atoms. The normalized spacial score (nSPS) is 14.6. The first-order valence-corrected chi connectivity index (χ1v) is 8.78. The van der Waals surface area contributed by atoms with Crippen LogP contribution in [0.1, 0.15) is 5.56 Å². The average molecular weight is 347 g/mol. The monoisotopic (exact) mass is 346 g/mol. The lowest BCUT2D eigenvalue weighted by molar-refractivity contribution is 0.122. The molecule has 1 aliphatic heterocycles. The smallest absolute Gasteiger partial charge is 0.189 e. The zero-order chi connectivity index (χ0) is 16.2. The minimum Gasteiger partial charge on any atom is -0.378 e. The number of nitrogens with zero attached hydrogens (tertiary/aromatic N) is 4. The fourth-order valence-corrected chi connectivity index (χ4v) is 2.93. The fraction of sp³-hybridized carbons (Fsp3) is 0.312. The molecule has 0 saturated carbocycles. The molecule has 1 aliphatic rings. The van der Waals surface area contributed by atoms with E-state index in [0.717, 1.165) is 18.7 Å². The molecule has 0 spiro atoms. The number of benzene rings is 1. The summed E-state index contributed by atoms with van der Waals surface area (Å²) in [6.07, 6.45) is 1.93. The molecule has 0 unspecified atom stereocenters. The summed E-state index contributed by atoms with van der Waals surface area (Å²) in [4.78, 5) is 11.2. The summed E-state index contributed by atoms with van der Waals surface area (Å²) in [5.74, 6) is 0.681. The van der Waals surface area contributed by atoms with E-state index in [1.807, 2.05) is 18.4 Å². The van der Waals surface area contributed by atoms with Crippen LogP contribution in [0.3, 0.4) is 0 Å². The van der Waals surface area contributed by atoms with Crippen LogP contribution in [0.15, 0.2) is 29.4 Å². The Kier molecular flexibility index (Phi) is 5.01. The van der Waals surface area contributed by atoms with Crippen molar-refractivity contribution in [2.45, 2.75) is 5.16 Å². The van der Waals surface area contributed by atoms with Gasteiger partial charge in [-0.1, -0.05) is 35.5 Å². The molecule has 1 aromatic carbocycles. The minimum absolute atomic E-state index is 0.493. The second-order valence-electron chi connectivity index (χ2n) is 4.98. The number of hydrogen-bond donors (Lipinski definition) is 0. The molecular weight excluding hydrogens is 332 g/mol. The lowest BCUT2D eigenvalue weighted by atomic mass is 10.1. The van der Waals surface area contributed by atoms with Gasteiger partial charge in [0.15, 0.2) is 11.0 Å². The third kappa shape index (κ3) is 3.42. The molecule has 2 aromatic rings. The lowest BCUT2D eigenvalue weighted by Gasteiger charge is -2.29. The van der Waals surface area contributed by atoms with Crippen LogP contribution in [0.2, 0.25) is 5.02 Å². The molecule has 0 atom stereocenters. The molecule has 0 aliphatic carbocycles. The van der Waals surface area contributed by atoms with Crippen LogP contribution in [0.25, 0.3) is 11.3 Å². The van der Waals surface area contributed by atoms with Crippen molar-refractivity contribution in [2.24, 2.45) is 0 Å². The predicted octanol–water partition coefficient (Wildman–Crippen LogP) is 3.23. The molecule has 5 nitrogen and oxygen atoms in total. The van der Waals surface area contributed by atoms with Gasteiger partial charge in [0.25, 0.3) is 0 Å². The van der Waals surface area contributed by atoms with Gasteiger partial charge < -0.3 is 9.64 Å². The van der Waals surface area contributed by atoms with Gasteiger partial charge in [-0.2, -0.15) is 5.26 Å². The highest BCUT2D eigenvalue weighted by atomic mass is 35.5. The van der Waals surface area contributed by atoms with E-state index in [1.54, 1.807) is 12.1 Å². The van der Waals surface area contributed by atoms with Crippen molar-refractivity contribution in [3.8, 4) is 17.3 Å². The molecule has 1 fully saturated rings. The maximum absolute atomic E-state index is 9.69. The molecule has 7 heteroatoms. The van der Waals surface area contributed by atoms with Crippen molar-refractivity contribution in [3.05, 3.63) is 34.9 Å². The Balaban J connectivity index is 2.14. The van der Waals surface area contributed by atoms with E-state index >= 15 is 0 Å². The number of nitriles is 1. The SMILES string of the molecule is CSc1nc(-c2ccc(Cl)cc2)c(C#N)c(N2CCOCC2)n1. The van der Waals surface area contributed by atoms with Gasteiger partial charge in [-0.25, -0.2) is 9.97 Å². The second kappa shape index (κ2) is 7.18. The van der Waals surface area contributed by atoms with Gasteiger partial charge in [-0.15, -0.1) is 0 Å². The summed E-state index contributed by atoms with van der Waals surface area (Å²) in [5, 5.41) is 11.0. The van der Waals surface area contributed by atoms with Crippen LogP contribution in [0.5, 0.6) is 0 Å². The first kappa shape index (κ1) is 16.1. The van der Waals surface area contributed by atoms with Crippen molar-refractivity contribution in [2.75, 3.05) is 37.5 Å². The van der Waals surface area contributed by atoms with E-state index in [2.05, 4.69) is 20.9 Å². The molecule has 0 radical (unpaired) electrons. The number of ether oxygens (including phenoxy) is 1.